The first kappa shape index (κ1) is 7.98. The van der Waals surface area contributed by atoms with Gasteiger partial charge in [-0.25, -0.2) is 8.78 Å². The molecule has 2 aromatic rings. The Morgan fingerprint density at radius 1 is 1.00 bits per heavy atom. The molecule has 0 atom stereocenters. The van der Waals surface area contributed by atoms with Gasteiger partial charge in [0, 0.05) is 5.56 Å². The summed E-state index contributed by atoms with van der Waals surface area (Å²) < 4.78 is 31.0. The van der Waals surface area contributed by atoms with Crippen LogP contribution in [-0.4, -0.2) is 0 Å². The summed E-state index contributed by atoms with van der Waals surface area (Å²) in [6.45, 7) is 0. The fourth-order valence-electron chi connectivity index (χ4n) is 1.18. The highest BCUT2D eigenvalue weighted by Crippen LogP contribution is 2.25. The molecule has 0 spiro atoms. The third kappa shape index (κ3) is 1.33. The molecule has 0 aliphatic rings. The molecule has 1 aromatic carbocycles. The molecule has 0 aliphatic carbocycles. The van der Waals surface area contributed by atoms with Gasteiger partial charge in [-0.3, -0.25) is 0 Å². The fourth-order valence-corrected chi connectivity index (χ4v) is 1.18. The Bertz CT molecular complexity index is 387. The average molecular weight is 180 g/mol. The zero-order valence-electron chi connectivity index (χ0n) is 6.63. The normalized spacial score (nSPS) is 10.3. The highest BCUT2D eigenvalue weighted by molar-refractivity contribution is 5.63. The summed E-state index contributed by atoms with van der Waals surface area (Å²) in [6, 6.07) is 5.27. The van der Waals surface area contributed by atoms with Crippen LogP contribution in [0.25, 0.3) is 11.1 Å². The van der Waals surface area contributed by atoms with E-state index in [0.717, 1.165) is 0 Å². The van der Waals surface area contributed by atoms with E-state index in [1.807, 2.05) is 0 Å². The van der Waals surface area contributed by atoms with Gasteiger partial charge in [0.2, 0.25) is 0 Å². The van der Waals surface area contributed by atoms with Crippen LogP contribution >= 0.6 is 0 Å². The Balaban J connectivity index is 2.64. The lowest BCUT2D eigenvalue weighted by atomic mass is 10.1. The Kier molecular flexibility index (Phi) is 1.85. The average Bonchev–Trinajstić information content (AvgIpc) is 2.57. The summed E-state index contributed by atoms with van der Waals surface area (Å²) in [5.41, 5.74) is 0.367. The van der Waals surface area contributed by atoms with Gasteiger partial charge in [-0.05, 0) is 18.2 Å². The Hall–Kier alpha value is -1.64. The smallest absolute Gasteiger partial charge is 0.134 e. The first-order valence-electron chi connectivity index (χ1n) is 3.75. The SMILES string of the molecule is Fc1cccc(F)c1-c1ccoc1. The van der Waals surface area contributed by atoms with E-state index in [2.05, 4.69) is 0 Å². The van der Waals surface area contributed by atoms with Crippen molar-refractivity contribution in [1.29, 1.82) is 0 Å². The number of hydrogen-bond acceptors (Lipinski definition) is 1. The van der Waals surface area contributed by atoms with E-state index in [-0.39, 0.29) is 5.56 Å². The fraction of sp³-hybridized carbons (Fsp3) is 0. The first-order chi connectivity index (χ1) is 6.29. The van der Waals surface area contributed by atoms with Crippen LogP contribution in [0.2, 0.25) is 0 Å². The van der Waals surface area contributed by atoms with Gasteiger partial charge in [0.15, 0.2) is 0 Å². The van der Waals surface area contributed by atoms with Crippen LogP contribution in [0.4, 0.5) is 8.78 Å². The Morgan fingerprint density at radius 3 is 2.23 bits per heavy atom. The van der Waals surface area contributed by atoms with Gasteiger partial charge in [0.1, 0.15) is 11.6 Å². The minimum atomic E-state index is -0.582. The third-order valence-corrected chi connectivity index (χ3v) is 1.77. The number of rotatable bonds is 1. The summed E-state index contributed by atoms with van der Waals surface area (Å²) in [7, 11) is 0. The minimum absolute atomic E-state index is 0.0451. The monoisotopic (exact) mass is 180 g/mol. The highest BCUT2D eigenvalue weighted by Gasteiger charge is 2.10. The largest absolute Gasteiger partial charge is 0.472 e. The summed E-state index contributed by atoms with van der Waals surface area (Å²) in [4.78, 5) is 0. The Morgan fingerprint density at radius 2 is 1.69 bits per heavy atom. The number of hydrogen-bond donors (Lipinski definition) is 0. The number of furan rings is 1. The molecule has 13 heavy (non-hydrogen) atoms. The summed E-state index contributed by atoms with van der Waals surface area (Å²) in [5, 5.41) is 0. The maximum Gasteiger partial charge on any atom is 0.134 e. The van der Waals surface area contributed by atoms with Crippen molar-refractivity contribution in [2.24, 2.45) is 0 Å². The Labute approximate surface area is 73.6 Å². The molecule has 0 unspecified atom stereocenters. The maximum atomic E-state index is 13.1. The summed E-state index contributed by atoms with van der Waals surface area (Å²) >= 11 is 0. The molecule has 66 valence electrons. The molecule has 0 bridgehead atoms. The first-order valence-corrected chi connectivity index (χ1v) is 3.75. The second-order valence-electron chi connectivity index (χ2n) is 2.61. The highest BCUT2D eigenvalue weighted by atomic mass is 19.1. The topological polar surface area (TPSA) is 13.1 Å². The van der Waals surface area contributed by atoms with Gasteiger partial charge in [-0.1, -0.05) is 6.07 Å². The van der Waals surface area contributed by atoms with Gasteiger partial charge in [0.05, 0.1) is 18.1 Å². The van der Waals surface area contributed by atoms with Crippen LogP contribution < -0.4 is 0 Å². The molecule has 0 fully saturated rings. The molecule has 1 aromatic heterocycles. The predicted octanol–water partition coefficient (Wildman–Crippen LogP) is 3.22. The van der Waals surface area contributed by atoms with Crippen molar-refractivity contribution in [3.8, 4) is 11.1 Å². The van der Waals surface area contributed by atoms with E-state index in [1.165, 1.54) is 36.8 Å². The molecule has 0 N–H and O–H groups in total. The second kappa shape index (κ2) is 3.01. The van der Waals surface area contributed by atoms with E-state index in [1.54, 1.807) is 0 Å². The van der Waals surface area contributed by atoms with E-state index in [9.17, 15) is 8.78 Å². The molecular weight excluding hydrogens is 174 g/mol. The third-order valence-electron chi connectivity index (χ3n) is 1.77. The van der Waals surface area contributed by atoms with Crippen molar-refractivity contribution >= 4 is 0 Å². The van der Waals surface area contributed by atoms with E-state index < -0.39 is 11.6 Å². The summed E-state index contributed by atoms with van der Waals surface area (Å²) in [6.07, 6.45) is 2.68. The van der Waals surface area contributed by atoms with E-state index >= 15 is 0 Å². The minimum Gasteiger partial charge on any atom is -0.472 e. The van der Waals surface area contributed by atoms with Crippen LogP contribution in [0.1, 0.15) is 0 Å². The van der Waals surface area contributed by atoms with Crippen LogP contribution in [-0.2, 0) is 0 Å². The second-order valence-corrected chi connectivity index (χ2v) is 2.61. The van der Waals surface area contributed by atoms with E-state index in [4.69, 9.17) is 4.42 Å². The van der Waals surface area contributed by atoms with Crippen molar-refractivity contribution < 1.29 is 13.2 Å². The number of halogens is 2. The van der Waals surface area contributed by atoms with Crippen LogP contribution in [0.5, 0.6) is 0 Å². The quantitative estimate of drug-likeness (QED) is 0.656. The van der Waals surface area contributed by atoms with Crippen LogP contribution in [0, 0.1) is 11.6 Å². The van der Waals surface area contributed by atoms with Crippen molar-refractivity contribution in [2.75, 3.05) is 0 Å². The lowest BCUT2D eigenvalue weighted by Gasteiger charge is -2.00. The van der Waals surface area contributed by atoms with Gasteiger partial charge >= 0.3 is 0 Å². The predicted molar refractivity (Wildman–Crippen MR) is 44.1 cm³/mol. The summed E-state index contributed by atoms with van der Waals surface area (Å²) in [5.74, 6) is -1.16. The molecule has 0 radical (unpaired) electrons. The zero-order chi connectivity index (χ0) is 9.26. The zero-order valence-corrected chi connectivity index (χ0v) is 6.63. The molecule has 1 heterocycles. The molecule has 0 saturated heterocycles. The lowest BCUT2D eigenvalue weighted by Crippen LogP contribution is -1.86. The van der Waals surface area contributed by atoms with Gasteiger partial charge in [-0.2, -0.15) is 0 Å². The van der Waals surface area contributed by atoms with Crippen molar-refractivity contribution in [3.05, 3.63) is 48.4 Å². The number of benzene rings is 1. The van der Waals surface area contributed by atoms with Gasteiger partial charge in [-0.15, -0.1) is 0 Å². The van der Waals surface area contributed by atoms with Crippen LogP contribution in [0.15, 0.2) is 41.2 Å². The molecule has 3 heteroatoms. The van der Waals surface area contributed by atoms with Crippen molar-refractivity contribution in [2.45, 2.75) is 0 Å². The molecule has 0 saturated carbocycles. The molecule has 2 rings (SSSR count). The molecule has 0 aliphatic heterocycles. The van der Waals surface area contributed by atoms with Crippen LogP contribution in [0.3, 0.4) is 0 Å². The maximum absolute atomic E-state index is 13.1. The van der Waals surface area contributed by atoms with Crippen molar-refractivity contribution in [3.63, 3.8) is 0 Å². The lowest BCUT2D eigenvalue weighted by molar-refractivity contribution is 0.564. The van der Waals surface area contributed by atoms with Gasteiger partial charge < -0.3 is 4.42 Å². The van der Waals surface area contributed by atoms with E-state index in [0.29, 0.717) is 5.56 Å². The standard InChI is InChI=1S/C10H6F2O/c11-8-2-1-3-9(12)10(8)7-4-5-13-6-7/h1-6H. The van der Waals surface area contributed by atoms with Crippen molar-refractivity contribution in [1.82, 2.24) is 0 Å². The van der Waals surface area contributed by atoms with Gasteiger partial charge in [0.25, 0.3) is 0 Å². The molecular formula is C10H6F2O. The molecule has 0 amide bonds. The molecule has 1 nitrogen and oxygen atoms in total.